The lowest BCUT2D eigenvalue weighted by atomic mass is 10.2. The number of aryl methyl sites for hydroxylation is 1. The van der Waals surface area contributed by atoms with Gasteiger partial charge in [-0.2, -0.15) is 0 Å². The number of benzene rings is 2. The van der Waals surface area contributed by atoms with Crippen LogP contribution in [-0.4, -0.2) is 6.54 Å². The maximum absolute atomic E-state index is 5.92. The Bertz CT molecular complexity index is 566. The van der Waals surface area contributed by atoms with Crippen LogP contribution in [0.15, 0.2) is 46.9 Å². The first kappa shape index (κ1) is 16.1. The summed E-state index contributed by atoms with van der Waals surface area (Å²) >= 11 is 3.59. The average molecular weight is 348 g/mol. The topological polar surface area (TPSA) is 21.3 Å². The highest BCUT2D eigenvalue weighted by atomic mass is 79.9. The number of hydrogen-bond acceptors (Lipinski definition) is 2. The summed E-state index contributed by atoms with van der Waals surface area (Å²) in [4.78, 5) is 0. The molecular formula is C18H22BrNO. The quantitative estimate of drug-likeness (QED) is 0.685. The van der Waals surface area contributed by atoms with Crippen molar-refractivity contribution < 1.29 is 4.74 Å². The molecule has 0 amide bonds. The molecule has 0 aliphatic carbocycles. The molecule has 1 N–H and O–H groups in total. The van der Waals surface area contributed by atoms with E-state index in [1.165, 1.54) is 11.1 Å². The first-order valence-corrected chi connectivity index (χ1v) is 8.28. The van der Waals surface area contributed by atoms with Gasteiger partial charge in [0.05, 0.1) is 4.47 Å². The van der Waals surface area contributed by atoms with Crippen LogP contribution in [0.4, 0.5) is 0 Å². The highest BCUT2D eigenvalue weighted by molar-refractivity contribution is 9.10. The highest BCUT2D eigenvalue weighted by Crippen LogP contribution is 2.30. The van der Waals surface area contributed by atoms with E-state index >= 15 is 0 Å². The van der Waals surface area contributed by atoms with Crippen molar-refractivity contribution in [1.82, 2.24) is 5.32 Å². The molecule has 0 aromatic heterocycles. The Labute approximate surface area is 135 Å². The van der Waals surface area contributed by atoms with E-state index in [1.807, 2.05) is 18.2 Å². The lowest BCUT2D eigenvalue weighted by Gasteiger charge is -2.10. The molecule has 2 aromatic carbocycles. The number of ether oxygens (including phenoxy) is 1. The third kappa shape index (κ3) is 4.87. The van der Waals surface area contributed by atoms with Crippen LogP contribution in [0, 0.1) is 0 Å². The summed E-state index contributed by atoms with van der Waals surface area (Å²) in [6, 6.07) is 14.5. The molecule has 0 saturated carbocycles. The van der Waals surface area contributed by atoms with Crippen molar-refractivity contribution in [3.63, 3.8) is 0 Å². The minimum Gasteiger partial charge on any atom is -0.456 e. The highest BCUT2D eigenvalue weighted by Gasteiger charge is 2.04. The van der Waals surface area contributed by atoms with Crippen molar-refractivity contribution in [2.75, 3.05) is 6.54 Å². The van der Waals surface area contributed by atoms with Crippen LogP contribution < -0.4 is 10.1 Å². The van der Waals surface area contributed by atoms with E-state index in [0.29, 0.717) is 0 Å². The molecule has 0 aliphatic rings. The Morgan fingerprint density at radius 2 is 1.71 bits per heavy atom. The Balaban J connectivity index is 2.02. The first-order valence-electron chi connectivity index (χ1n) is 7.49. The number of hydrogen-bond donors (Lipinski definition) is 1. The van der Waals surface area contributed by atoms with Crippen molar-refractivity contribution >= 4 is 15.9 Å². The van der Waals surface area contributed by atoms with E-state index in [-0.39, 0.29) is 0 Å². The van der Waals surface area contributed by atoms with Crippen LogP contribution in [0.1, 0.15) is 31.4 Å². The van der Waals surface area contributed by atoms with Crippen molar-refractivity contribution in [3.05, 3.63) is 58.1 Å². The second-order valence-corrected chi connectivity index (χ2v) is 5.90. The lowest BCUT2D eigenvalue weighted by molar-refractivity contribution is 0.479. The van der Waals surface area contributed by atoms with Crippen molar-refractivity contribution in [3.8, 4) is 11.5 Å². The molecule has 0 radical (unpaired) electrons. The SMILES string of the molecule is CCCNCc1ccc(Oc2ccc(CC)cc2)c(Br)c1. The summed E-state index contributed by atoms with van der Waals surface area (Å²) in [5.74, 6) is 1.71. The van der Waals surface area contributed by atoms with Crippen molar-refractivity contribution in [2.24, 2.45) is 0 Å². The lowest BCUT2D eigenvalue weighted by Crippen LogP contribution is -2.13. The fourth-order valence-electron chi connectivity index (χ4n) is 2.07. The molecule has 0 bridgehead atoms. The molecular weight excluding hydrogens is 326 g/mol. The van der Waals surface area contributed by atoms with Gasteiger partial charge in [-0.15, -0.1) is 0 Å². The molecule has 2 aromatic rings. The minimum atomic E-state index is 0.846. The zero-order valence-corrected chi connectivity index (χ0v) is 14.2. The molecule has 0 unspecified atom stereocenters. The van der Waals surface area contributed by atoms with Crippen LogP contribution in [0.25, 0.3) is 0 Å². The van der Waals surface area contributed by atoms with Gasteiger partial charge in [0.1, 0.15) is 11.5 Å². The molecule has 112 valence electrons. The van der Waals surface area contributed by atoms with Crippen LogP contribution in [0.5, 0.6) is 11.5 Å². The smallest absolute Gasteiger partial charge is 0.141 e. The summed E-state index contributed by atoms with van der Waals surface area (Å²) in [6.07, 6.45) is 2.19. The second kappa shape index (κ2) is 8.20. The van der Waals surface area contributed by atoms with Crippen molar-refractivity contribution in [2.45, 2.75) is 33.2 Å². The van der Waals surface area contributed by atoms with Crippen molar-refractivity contribution in [1.29, 1.82) is 0 Å². The Morgan fingerprint density at radius 1 is 1.00 bits per heavy atom. The Kier molecular flexibility index (Phi) is 6.27. The summed E-state index contributed by atoms with van der Waals surface area (Å²) in [5.41, 5.74) is 2.57. The molecule has 3 heteroatoms. The molecule has 0 spiro atoms. The Hall–Kier alpha value is -1.32. The van der Waals surface area contributed by atoms with E-state index in [9.17, 15) is 0 Å². The minimum absolute atomic E-state index is 0.846. The first-order chi connectivity index (χ1) is 10.2. The molecule has 0 heterocycles. The predicted molar refractivity (Wildman–Crippen MR) is 92.0 cm³/mol. The number of nitrogens with one attached hydrogen (secondary N) is 1. The molecule has 21 heavy (non-hydrogen) atoms. The molecule has 0 atom stereocenters. The van der Waals surface area contributed by atoms with Gasteiger partial charge in [-0.05, 0) is 70.7 Å². The molecule has 2 nitrogen and oxygen atoms in total. The molecule has 2 rings (SSSR count). The summed E-state index contributed by atoms with van der Waals surface area (Å²) in [7, 11) is 0. The zero-order valence-electron chi connectivity index (χ0n) is 12.7. The monoisotopic (exact) mass is 347 g/mol. The normalized spacial score (nSPS) is 10.6. The van der Waals surface area contributed by atoms with E-state index in [2.05, 4.69) is 59.4 Å². The largest absolute Gasteiger partial charge is 0.456 e. The summed E-state index contributed by atoms with van der Waals surface area (Å²) in [6.45, 7) is 6.25. The van der Waals surface area contributed by atoms with Gasteiger partial charge >= 0.3 is 0 Å². The van der Waals surface area contributed by atoms with Gasteiger partial charge in [0, 0.05) is 6.54 Å². The van der Waals surface area contributed by atoms with E-state index in [0.717, 1.165) is 41.9 Å². The standard InChI is InChI=1S/C18H22BrNO/c1-3-11-20-13-15-7-10-18(17(19)12-15)21-16-8-5-14(4-2)6-9-16/h5-10,12,20H,3-4,11,13H2,1-2H3. The van der Waals surface area contributed by atoms with Gasteiger partial charge in [-0.1, -0.05) is 32.0 Å². The molecule has 0 fully saturated rings. The molecule has 0 saturated heterocycles. The maximum Gasteiger partial charge on any atom is 0.141 e. The summed E-state index contributed by atoms with van der Waals surface area (Å²) < 4.78 is 6.91. The fraction of sp³-hybridized carbons (Fsp3) is 0.333. The van der Waals surface area contributed by atoms with Gasteiger partial charge in [-0.3, -0.25) is 0 Å². The van der Waals surface area contributed by atoms with Crippen LogP contribution in [0.2, 0.25) is 0 Å². The van der Waals surface area contributed by atoms with Crippen LogP contribution >= 0.6 is 15.9 Å². The van der Waals surface area contributed by atoms with E-state index in [1.54, 1.807) is 0 Å². The number of halogens is 1. The average Bonchev–Trinajstić information content (AvgIpc) is 2.51. The predicted octanol–water partition coefficient (Wildman–Crippen LogP) is 5.30. The van der Waals surface area contributed by atoms with Gasteiger partial charge in [-0.25, -0.2) is 0 Å². The van der Waals surface area contributed by atoms with Gasteiger partial charge < -0.3 is 10.1 Å². The second-order valence-electron chi connectivity index (χ2n) is 5.04. The van der Waals surface area contributed by atoms with Crippen LogP contribution in [0.3, 0.4) is 0 Å². The Morgan fingerprint density at radius 3 is 2.33 bits per heavy atom. The van der Waals surface area contributed by atoms with Gasteiger partial charge in [0.25, 0.3) is 0 Å². The number of rotatable bonds is 7. The fourth-order valence-corrected chi connectivity index (χ4v) is 2.57. The third-order valence-corrected chi connectivity index (χ3v) is 3.93. The maximum atomic E-state index is 5.92. The van der Waals surface area contributed by atoms with E-state index < -0.39 is 0 Å². The third-order valence-electron chi connectivity index (χ3n) is 3.31. The zero-order chi connectivity index (χ0) is 15.1. The van der Waals surface area contributed by atoms with Gasteiger partial charge in [0.2, 0.25) is 0 Å². The van der Waals surface area contributed by atoms with Crippen LogP contribution in [-0.2, 0) is 13.0 Å². The molecule has 0 aliphatic heterocycles. The van der Waals surface area contributed by atoms with E-state index in [4.69, 9.17) is 4.74 Å². The van der Waals surface area contributed by atoms with Gasteiger partial charge in [0.15, 0.2) is 0 Å². The summed E-state index contributed by atoms with van der Waals surface area (Å²) in [5, 5.41) is 3.40.